The standard InChI is InChI=1S/C4H8O.C3H8.C2H6S.2CH4/c1-3-4(2)5;2*1-3-2;;/h3H2,1-2H3;3H2,1-2H3;1-2H3;2*1H4. The molecule has 1 nitrogen and oxygen atoms in total. The summed E-state index contributed by atoms with van der Waals surface area (Å²) in [6, 6.07) is 0. The van der Waals surface area contributed by atoms with Crippen LogP contribution >= 0.6 is 11.8 Å². The maximum Gasteiger partial charge on any atom is 0.129 e. The molecule has 0 radical (unpaired) electrons. The van der Waals surface area contributed by atoms with Gasteiger partial charge < -0.3 is 4.79 Å². The van der Waals surface area contributed by atoms with Crippen LogP contribution in [0.1, 0.15) is 55.4 Å². The zero-order chi connectivity index (χ0) is 9.70. The van der Waals surface area contributed by atoms with Crippen LogP contribution in [0.3, 0.4) is 0 Å². The summed E-state index contributed by atoms with van der Waals surface area (Å²) < 4.78 is 0. The van der Waals surface area contributed by atoms with Gasteiger partial charge in [-0.15, -0.1) is 0 Å². The van der Waals surface area contributed by atoms with E-state index in [-0.39, 0.29) is 20.6 Å². The fourth-order valence-corrected chi connectivity index (χ4v) is 0. The highest BCUT2D eigenvalue weighted by atomic mass is 32.2. The van der Waals surface area contributed by atoms with Crippen molar-refractivity contribution in [1.29, 1.82) is 0 Å². The Labute approximate surface area is 90.7 Å². The summed E-state index contributed by atoms with van der Waals surface area (Å²) in [6.07, 6.45) is 6.00. The molecular weight excluding hydrogens is 180 g/mol. The van der Waals surface area contributed by atoms with Crippen molar-refractivity contribution in [2.24, 2.45) is 0 Å². The van der Waals surface area contributed by atoms with Gasteiger partial charge in [0.1, 0.15) is 5.78 Å². The normalized spacial score (nSPS) is 5.69. The average Bonchev–Trinajstić information content (AvgIpc) is 1.91. The lowest BCUT2D eigenvalue weighted by atomic mass is 10.4. The predicted molar refractivity (Wildman–Crippen MR) is 69.8 cm³/mol. The maximum atomic E-state index is 9.81. The molecule has 0 N–H and O–H groups in total. The molecule has 0 aromatic carbocycles. The van der Waals surface area contributed by atoms with Crippen LogP contribution in [0.5, 0.6) is 0 Å². The molecule has 0 aromatic rings. The number of Topliss-reactive ketones (excluding diaryl/α,β-unsaturated/α-hetero) is 1. The van der Waals surface area contributed by atoms with Gasteiger partial charge in [0.25, 0.3) is 0 Å². The molecule has 0 aromatic heterocycles. The lowest BCUT2D eigenvalue weighted by Gasteiger charge is -1.71. The van der Waals surface area contributed by atoms with Gasteiger partial charge in [-0.05, 0) is 19.4 Å². The molecule has 0 aliphatic carbocycles. The molecule has 0 unspecified atom stereocenters. The second-order valence-corrected chi connectivity index (χ2v) is 2.99. The summed E-state index contributed by atoms with van der Waals surface area (Å²) in [5, 5.41) is 0. The van der Waals surface area contributed by atoms with E-state index in [0.29, 0.717) is 6.42 Å². The van der Waals surface area contributed by atoms with Gasteiger partial charge in [0, 0.05) is 6.42 Å². The van der Waals surface area contributed by atoms with Gasteiger partial charge >= 0.3 is 0 Å². The Morgan fingerprint density at radius 1 is 1.08 bits per heavy atom. The van der Waals surface area contributed by atoms with Gasteiger partial charge in [0.05, 0.1) is 0 Å². The number of carbonyl (C=O) groups is 1. The number of hydrogen-bond donors (Lipinski definition) is 0. The molecule has 86 valence electrons. The maximum absolute atomic E-state index is 9.81. The highest BCUT2D eigenvalue weighted by Crippen LogP contribution is 1.71. The first kappa shape index (κ1) is 29.2. The number of thioether (sulfide) groups is 1. The molecule has 0 rings (SSSR count). The van der Waals surface area contributed by atoms with Crippen LogP contribution in [0.25, 0.3) is 0 Å². The third-order valence-corrected chi connectivity index (χ3v) is 0.498. The number of ketones is 1. The Morgan fingerprint density at radius 3 is 1.15 bits per heavy atom. The molecule has 0 heterocycles. The Morgan fingerprint density at radius 2 is 1.15 bits per heavy atom. The molecule has 0 aliphatic rings. The van der Waals surface area contributed by atoms with Gasteiger partial charge in [-0.1, -0.05) is 42.0 Å². The molecule has 0 spiro atoms. The molecule has 0 atom stereocenters. The Hall–Kier alpha value is 0.0200. The van der Waals surface area contributed by atoms with E-state index in [1.54, 1.807) is 18.7 Å². The summed E-state index contributed by atoms with van der Waals surface area (Å²) in [4.78, 5) is 9.81. The largest absolute Gasteiger partial charge is 0.300 e. The minimum atomic E-state index is 0. The molecule has 0 amide bonds. The van der Waals surface area contributed by atoms with Crippen molar-refractivity contribution in [2.75, 3.05) is 12.5 Å². The van der Waals surface area contributed by atoms with Crippen LogP contribution in [0.2, 0.25) is 0 Å². The summed E-state index contributed by atoms with van der Waals surface area (Å²) >= 11 is 1.75. The van der Waals surface area contributed by atoms with E-state index >= 15 is 0 Å². The van der Waals surface area contributed by atoms with Crippen molar-refractivity contribution >= 4 is 17.5 Å². The van der Waals surface area contributed by atoms with E-state index < -0.39 is 0 Å². The molecule has 13 heavy (non-hydrogen) atoms. The first-order valence-electron chi connectivity index (χ1n) is 4.00. The van der Waals surface area contributed by atoms with Crippen molar-refractivity contribution in [1.82, 2.24) is 0 Å². The first-order chi connectivity index (χ1) is 5.10. The van der Waals surface area contributed by atoms with Crippen LogP contribution in [-0.2, 0) is 4.79 Å². The van der Waals surface area contributed by atoms with E-state index in [2.05, 4.69) is 13.8 Å². The van der Waals surface area contributed by atoms with Gasteiger partial charge in [0.15, 0.2) is 0 Å². The lowest BCUT2D eigenvalue weighted by Crippen LogP contribution is -1.80. The van der Waals surface area contributed by atoms with E-state index in [9.17, 15) is 4.79 Å². The smallest absolute Gasteiger partial charge is 0.129 e. The van der Waals surface area contributed by atoms with E-state index in [1.165, 1.54) is 6.42 Å². The number of hydrogen-bond acceptors (Lipinski definition) is 2. The van der Waals surface area contributed by atoms with Crippen LogP contribution < -0.4 is 0 Å². The second kappa shape index (κ2) is 40.3. The van der Waals surface area contributed by atoms with Crippen LogP contribution in [0.4, 0.5) is 0 Å². The van der Waals surface area contributed by atoms with Crippen LogP contribution in [0.15, 0.2) is 0 Å². The fourth-order valence-electron chi connectivity index (χ4n) is 0. The first-order valence-corrected chi connectivity index (χ1v) is 5.63. The zero-order valence-corrected chi connectivity index (χ0v) is 9.55. The third-order valence-electron chi connectivity index (χ3n) is 0.498. The van der Waals surface area contributed by atoms with Crippen molar-refractivity contribution in [3.8, 4) is 0 Å². The molecule has 0 saturated heterocycles. The Bertz CT molecular complexity index is 61.1. The molecule has 0 aliphatic heterocycles. The summed E-state index contributed by atoms with van der Waals surface area (Å²) in [7, 11) is 0. The SMILES string of the molecule is C.C.CCC.CCC(C)=O.CSC. The predicted octanol–water partition coefficient (Wildman–Crippen LogP) is 4.65. The van der Waals surface area contributed by atoms with Crippen molar-refractivity contribution < 1.29 is 4.79 Å². The number of rotatable bonds is 1. The average molecular weight is 210 g/mol. The quantitative estimate of drug-likeness (QED) is 0.626. The third kappa shape index (κ3) is 296. The molecule has 0 saturated carbocycles. The summed E-state index contributed by atoms with van der Waals surface area (Å²) in [5.74, 6) is 0.255. The highest BCUT2D eigenvalue weighted by Gasteiger charge is 1.76. The fraction of sp³-hybridized carbons (Fsp3) is 0.909. The summed E-state index contributed by atoms with van der Waals surface area (Å²) in [6.45, 7) is 7.68. The number of carbonyl (C=O) groups excluding carboxylic acids is 1. The van der Waals surface area contributed by atoms with E-state index in [1.807, 2.05) is 19.4 Å². The van der Waals surface area contributed by atoms with Gasteiger partial charge in [-0.3, -0.25) is 0 Å². The molecular formula is C11H30OS. The second-order valence-electron chi connectivity index (χ2n) is 2.17. The Kier molecular flexibility index (Phi) is 90.6. The van der Waals surface area contributed by atoms with Crippen molar-refractivity contribution in [3.05, 3.63) is 0 Å². The topological polar surface area (TPSA) is 17.1 Å². The van der Waals surface area contributed by atoms with Crippen LogP contribution in [0, 0.1) is 0 Å². The minimum Gasteiger partial charge on any atom is -0.300 e. The van der Waals surface area contributed by atoms with E-state index in [0.717, 1.165) is 0 Å². The van der Waals surface area contributed by atoms with E-state index in [4.69, 9.17) is 0 Å². The Balaban J connectivity index is -0.0000000240. The van der Waals surface area contributed by atoms with Gasteiger partial charge in [-0.2, -0.15) is 11.8 Å². The van der Waals surface area contributed by atoms with Crippen molar-refractivity contribution in [2.45, 2.75) is 55.4 Å². The highest BCUT2D eigenvalue weighted by molar-refractivity contribution is 7.97. The lowest BCUT2D eigenvalue weighted by molar-refractivity contribution is -0.116. The van der Waals surface area contributed by atoms with Crippen LogP contribution in [-0.4, -0.2) is 18.3 Å². The van der Waals surface area contributed by atoms with Gasteiger partial charge in [0.2, 0.25) is 0 Å². The molecule has 0 bridgehead atoms. The van der Waals surface area contributed by atoms with Gasteiger partial charge in [-0.25, -0.2) is 0 Å². The summed E-state index contributed by atoms with van der Waals surface area (Å²) in [5.41, 5.74) is 0. The molecule has 0 fully saturated rings. The zero-order valence-electron chi connectivity index (χ0n) is 8.73. The monoisotopic (exact) mass is 210 g/mol. The molecule has 2 heteroatoms. The van der Waals surface area contributed by atoms with Crippen molar-refractivity contribution in [3.63, 3.8) is 0 Å². The minimum absolute atomic E-state index is 0.